The van der Waals surface area contributed by atoms with Gasteiger partial charge in [-0.1, -0.05) is 36.7 Å². The van der Waals surface area contributed by atoms with E-state index in [0.717, 1.165) is 22.7 Å². The summed E-state index contributed by atoms with van der Waals surface area (Å²) in [5, 5.41) is 7.98. The van der Waals surface area contributed by atoms with E-state index in [4.69, 9.17) is 16.3 Å². The first-order valence-corrected chi connectivity index (χ1v) is 9.33. The van der Waals surface area contributed by atoms with E-state index in [1.165, 1.54) is 0 Å². The number of ether oxygens (including phenoxy) is 1. The Morgan fingerprint density at radius 1 is 1.19 bits per heavy atom. The van der Waals surface area contributed by atoms with Gasteiger partial charge in [0.15, 0.2) is 0 Å². The molecule has 27 heavy (non-hydrogen) atoms. The highest BCUT2D eigenvalue weighted by molar-refractivity contribution is 6.30. The highest BCUT2D eigenvalue weighted by atomic mass is 35.5. The van der Waals surface area contributed by atoms with Crippen molar-refractivity contribution in [3.05, 3.63) is 76.6 Å². The van der Waals surface area contributed by atoms with Crippen molar-refractivity contribution in [2.75, 3.05) is 6.61 Å². The Kier molecular flexibility index (Phi) is 6.14. The molecule has 1 aromatic heterocycles. The van der Waals surface area contributed by atoms with Gasteiger partial charge < -0.3 is 10.1 Å². The highest BCUT2D eigenvalue weighted by Crippen LogP contribution is 2.19. The number of halogens is 1. The zero-order chi connectivity index (χ0) is 19.2. The van der Waals surface area contributed by atoms with Crippen LogP contribution in [0.25, 0.3) is 5.69 Å². The van der Waals surface area contributed by atoms with Crippen LogP contribution in [0.1, 0.15) is 35.5 Å². The van der Waals surface area contributed by atoms with E-state index in [1.54, 1.807) is 10.9 Å². The van der Waals surface area contributed by atoms with E-state index in [-0.39, 0.29) is 5.91 Å². The van der Waals surface area contributed by atoms with E-state index in [2.05, 4.69) is 10.4 Å². The van der Waals surface area contributed by atoms with Gasteiger partial charge in [-0.05, 0) is 49.2 Å². The summed E-state index contributed by atoms with van der Waals surface area (Å²) in [4.78, 5) is 12.7. The van der Waals surface area contributed by atoms with Crippen LogP contribution in [0, 0.1) is 0 Å². The van der Waals surface area contributed by atoms with Crippen molar-refractivity contribution < 1.29 is 9.53 Å². The largest absolute Gasteiger partial charge is 0.494 e. The fraction of sp³-hybridized carbons (Fsp3) is 0.238. The Hall–Kier alpha value is -2.79. The second-order valence-corrected chi connectivity index (χ2v) is 6.45. The molecule has 5 nitrogen and oxygen atoms in total. The van der Waals surface area contributed by atoms with Crippen LogP contribution in [-0.2, 0) is 13.0 Å². The maximum absolute atomic E-state index is 12.7. The van der Waals surface area contributed by atoms with Crippen molar-refractivity contribution in [2.45, 2.75) is 26.8 Å². The molecule has 0 aliphatic heterocycles. The molecule has 0 bridgehead atoms. The summed E-state index contributed by atoms with van der Waals surface area (Å²) in [6, 6.07) is 15.1. The van der Waals surface area contributed by atoms with Gasteiger partial charge in [-0.15, -0.1) is 0 Å². The summed E-state index contributed by atoms with van der Waals surface area (Å²) in [5.41, 5.74) is 3.23. The topological polar surface area (TPSA) is 56.1 Å². The molecule has 0 unspecified atom stereocenters. The lowest BCUT2D eigenvalue weighted by Gasteiger charge is -2.10. The molecule has 0 saturated heterocycles. The Labute approximate surface area is 163 Å². The molecular weight excluding hydrogens is 362 g/mol. The quantitative estimate of drug-likeness (QED) is 0.657. The predicted molar refractivity (Wildman–Crippen MR) is 107 cm³/mol. The molecule has 3 aromatic rings. The van der Waals surface area contributed by atoms with Crippen molar-refractivity contribution in [2.24, 2.45) is 0 Å². The van der Waals surface area contributed by atoms with Crippen LogP contribution in [0.4, 0.5) is 0 Å². The summed E-state index contributed by atoms with van der Waals surface area (Å²) >= 11 is 6.08. The van der Waals surface area contributed by atoms with E-state index >= 15 is 0 Å². The van der Waals surface area contributed by atoms with Gasteiger partial charge in [-0.25, -0.2) is 4.68 Å². The molecular formula is C21H22ClN3O2. The molecule has 1 N–H and O–H groups in total. The molecule has 0 fully saturated rings. The van der Waals surface area contributed by atoms with Crippen molar-refractivity contribution in [1.82, 2.24) is 15.1 Å². The molecule has 0 saturated carbocycles. The molecule has 140 valence electrons. The van der Waals surface area contributed by atoms with Gasteiger partial charge >= 0.3 is 0 Å². The standard InChI is InChI=1S/C21H22ClN3O2/c1-3-20-19(14-24-25(20)17-9-6-8-16(22)12-17)21(26)23-13-15-7-5-10-18(11-15)27-4-2/h5-12,14H,3-4,13H2,1-2H3,(H,23,26). The lowest BCUT2D eigenvalue weighted by molar-refractivity contribution is 0.0950. The third kappa shape index (κ3) is 4.49. The minimum absolute atomic E-state index is 0.151. The monoisotopic (exact) mass is 383 g/mol. The first kappa shape index (κ1) is 19.0. The number of rotatable bonds is 7. The zero-order valence-corrected chi connectivity index (χ0v) is 16.2. The fourth-order valence-corrected chi connectivity index (χ4v) is 3.11. The fourth-order valence-electron chi connectivity index (χ4n) is 2.92. The van der Waals surface area contributed by atoms with Crippen LogP contribution in [0.5, 0.6) is 5.75 Å². The number of benzene rings is 2. The Morgan fingerprint density at radius 3 is 2.74 bits per heavy atom. The van der Waals surface area contributed by atoms with Crippen molar-refractivity contribution >= 4 is 17.5 Å². The molecule has 0 spiro atoms. The van der Waals surface area contributed by atoms with Crippen molar-refractivity contribution in [3.63, 3.8) is 0 Å². The summed E-state index contributed by atoms with van der Waals surface area (Å²) < 4.78 is 7.26. The van der Waals surface area contributed by atoms with Gasteiger partial charge in [-0.3, -0.25) is 4.79 Å². The van der Waals surface area contributed by atoms with Gasteiger partial charge in [0.25, 0.3) is 5.91 Å². The lowest BCUT2D eigenvalue weighted by atomic mass is 10.1. The minimum Gasteiger partial charge on any atom is -0.494 e. The first-order chi connectivity index (χ1) is 13.1. The van der Waals surface area contributed by atoms with E-state index in [9.17, 15) is 4.79 Å². The molecule has 0 atom stereocenters. The number of nitrogens with zero attached hydrogens (tertiary/aromatic N) is 2. The highest BCUT2D eigenvalue weighted by Gasteiger charge is 2.17. The van der Waals surface area contributed by atoms with E-state index in [0.29, 0.717) is 30.2 Å². The molecule has 1 amide bonds. The van der Waals surface area contributed by atoms with Crippen LogP contribution in [0.2, 0.25) is 5.02 Å². The van der Waals surface area contributed by atoms with Crippen LogP contribution >= 0.6 is 11.6 Å². The van der Waals surface area contributed by atoms with Gasteiger partial charge in [0.2, 0.25) is 0 Å². The first-order valence-electron chi connectivity index (χ1n) is 8.95. The molecule has 0 aliphatic carbocycles. The second-order valence-electron chi connectivity index (χ2n) is 6.01. The van der Waals surface area contributed by atoms with E-state index < -0.39 is 0 Å². The molecule has 3 rings (SSSR count). The summed E-state index contributed by atoms with van der Waals surface area (Å²) in [7, 11) is 0. The average Bonchev–Trinajstić information content (AvgIpc) is 3.11. The predicted octanol–water partition coefficient (Wildman–Crippen LogP) is 4.42. The van der Waals surface area contributed by atoms with Gasteiger partial charge in [-0.2, -0.15) is 5.10 Å². The SMILES string of the molecule is CCOc1cccc(CNC(=O)c2cnn(-c3cccc(Cl)c3)c2CC)c1. The van der Waals surface area contributed by atoms with E-state index in [1.807, 2.05) is 62.4 Å². The summed E-state index contributed by atoms with van der Waals surface area (Å²) in [5.74, 6) is 0.647. The Morgan fingerprint density at radius 2 is 2.00 bits per heavy atom. The maximum atomic E-state index is 12.7. The van der Waals surface area contributed by atoms with Crippen LogP contribution < -0.4 is 10.1 Å². The summed E-state index contributed by atoms with van der Waals surface area (Å²) in [6.45, 7) is 4.97. The van der Waals surface area contributed by atoms with Crippen LogP contribution in [0.3, 0.4) is 0 Å². The maximum Gasteiger partial charge on any atom is 0.255 e. The van der Waals surface area contributed by atoms with Gasteiger partial charge in [0.05, 0.1) is 29.7 Å². The number of aromatic nitrogens is 2. The van der Waals surface area contributed by atoms with Crippen LogP contribution in [0.15, 0.2) is 54.7 Å². The molecule has 0 aliphatic rings. The number of carbonyl (C=O) groups excluding carboxylic acids is 1. The number of hydrogen-bond acceptors (Lipinski definition) is 3. The molecule has 0 radical (unpaired) electrons. The number of hydrogen-bond donors (Lipinski definition) is 1. The zero-order valence-electron chi connectivity index (χ0n) is 15.4. The Balaban J connectivity index is 1.76. The summed E-state index contributed by atoms with van der Waals surface area (Å²) in [6.07, 6.45) is 2.28. The molecule has 2 aromatic carbocycles. The second kappa shape index (κ2) is 8.73. The lowest BCUT2D eigenvalue weighted by Crippen LogP contribution is -2.23. The number of nitrogens with one attached hydrogen (secondary N) is 1. The molecule has 6 heteroatoms. The minimum atomic E-state index is -0.151. The third-order valence-corrected chi connectivity index (χ3v) is 4.40. The number of carbonyl (C=O) groups is 1. The van der Waals surface area contributed by atoms with Gasteiger partial charge in [0, 0.05) is 11.6 Å². The average molecular weight is 384 g/mol. The van der Waals surface area contributed by atoms with Crippen LogP contribution in [-0.4, -0.2) is 22.3 Å². The normalized spacial score (nSPS) is 10.6. The third-order valence-electron chi connectivity index (χ3n) is 4.16. The van der Waals surface area contributed by atoms with Crippen molar-refractivity contribution in [1.29, 1.82) is 0 Å². The van der Waals surface area contributed by atoms with Gasteiger partial charge in [0.1, 0.15) is 5.75 Å². The Bertz CT molecular complexity index is 937. The van der Waals surface area contributed by atoms with Crippen molar-refractivity contribution in [3.8, 4) is 11.4 Å². The number of amides is 1. The smallest absolute Gasteiger partial charge is 0.255 e. The molecule has 1 heterocycles.